The summed E-state index contributed by atoms with van der Waals surface area (Å²) < 4.78 is 5.03. The summed E-state index contributed by atoms with van der Waals surface area (Å²) in [6.45, 7) is 6.62. The van der Waals surface area contributed by atoms with E-state index in [4.69, 9.17) is 10.1 Å². The molecule has 1 aliphatic heterocycles. The van der Waals surface area contributed by atoms with Gasteiger partial charge in [-0.1, -0.05) is 0 Å². The van der Waals surface area contributed by atoms with Crippen molar-refractivity contribution in [3.05, 3.63) is 11.9 Å². The molecule has 0 amide bonds. The minimum absolute atomic E-state index is 0.148. The van der Waals surface area contributed by atoms with E-state index in [1.54, 1.807) is 13.3 Å². The topological polar surface area (TPSA) is 64.0 Å². The van der Waals surface area contributed by atoms with Crippen molar-refractivity contribution in [1.82, 2.24) is 15.1 Å². The van der Waals surface area contributed by atoms with Gasteiger partial charge in [-0.25, -0.2) is 0 Å². The maximum absolute atomic E-state index is 7.20. The predicted molar refractivity (Wildman–Crippen MR) is 78.9 cm³/mol. The van der Waals surface area contributed by atoms with Gasteiger partial charge in [0.05, 0.1) is 19.0 Å². The van der Waals surface area contributed by atoms with Crippen molar-refractivity contribution in [2.24, 2.45) is 4.99 Å². The molecule has 1 aliphatic rings. The Morgan fingerprint density at radius 3 is 2.68 bits per heavy atom. The first kappa shape index (κ1) is 15.7. The molecule has 0 saturated carbocycles. The zero-order valence-corrected chi connectivity index (χ0v) is 12.1. The Hall–Kier alpha value is -1.40. The molecule has 1 fully saturated rings. The van der Waals surface area contributed by atoms with Crippen molar-refractivity contribution < 1.29 is 4.74 Å². The predicted octanol–water partition coefficient (Wildman–Crippen LogP) is 0.378. The molecule has 6 nitrogen and oxygen atoms in total. The van der Waals surface area contributed by atoms with E-state index in [9.17, 15) is 0 Å². The molecule has 2 N–H and O–H groups in total. The number of hydrogen-bond donors (Lipinski definition) is 2. The van der Waals surface area contributed by atoms with Gasteiger partial charge in [-0.3, -0.25) is 10.4 Å². The van der Waals surface area contributed by atoms with Crippen molar-refractivity contribution in [3.8, 4) is 0 Å². The minimum atomic E-state index is 0.148. The highest BCUT2D eigenvalue weighted by atomic mass is 16.5. The van der Waals surface area contributed by atoms with Gasteiger partial charge in [0.15, 0.2) is 0 Å². The molecule has 0 bridgehead atoms. The van der Waals surface area contributed by atoms with Gasteiger partial charge < -0.3 is 19.9 Å². The lowest BCUT2D eigenvalue weighted by molar-refractivity contribution is 0.182. The molecular weight excluding hydrogens is 242 g/mol. The second kappa shape index (κ2) is 8.66. The maximum atomic E-state index is 7.20. The summed E-state index contributed by atoms with van der Waals surface area (Å²) in [6.07, 6.45) is 4.91. The third-order valence-electron chi connectivity index (χ3n) is 3.04. The molecule has 19 heavy (non-hydrogen) atoms. The van der Waals surface area contributed by atoms with Crippen LogP contribution in [0.5, 0.6) is 0 Å². The lowest BCUT2D eigenvalue weighted by atomic mass is 10.3. The summed E-state index contributed by atoms with van der Waals surface area (Å²) in [6, 6.07) is 0.148. The summed E-state index contributed by atoms with van der Waals surface area (Å²) in [5, 5.41) is 10.2. The van der Waals surface area contributed by atoms with Crippen molar-refractivity contribution in [2.75, 3.05) is 46.9 Å². The Morgan fingerprint density at radius 2 is 2.11 bits per heavy atom. The number of rotatable bonds is 7. The average molecular weight is 267 g/mol. The third kappa shape index (κ3) is 5.85. The zero-order chi connectivity index (χ0) is 14.1. The normalized spacial score (nSPS) is 19.7. The second-order valence-electron chi connectivity index (χ2n) is 4.73. The Bertz CT molecular complexity index is 321. The molecule has 1 rings (SSSR count). The van der Waals surface area contributed by atoms with Crippen LogP contribution in [-0.4, -0.2) is 75.3 Å². The minimum Gasteiger partial charge on any atom is -0.382 e. The molecule has 6 heteroatoms. The van der Waals surface area contributed by atoms with Gasteiger partial charge >= 0.3 is 0 Å². The number of methoxy groups -OCH3 is 1. The lowest BCUT2D eigenvalue weighted by Gasteiger charge is -2.35. The molecule has 0 unspecified atom stereocenters. The van der Waals surface area contributed by atoms with Crippen LogP contribution in [0.3, 0.4) is 0 Å². The monoisotopic (exact) mass is 267 g/mol. The number of allylic oxidation sites excluding steroid dienone is 1. The third-order valence-corrected chi connectivity index (χ3v) is 3.04. The Labute approximate surface area is 115 Å². The smallest absolute Gasteiger partial charge is 0.108 e. The Balaban J connectivity index is 2.57. The summed E-state index contributed by atoms with van der Waals surface area (Å²) in [7, 11) is 3.80. The zero-order valence-electron chi connectivity index (χ0n) is 12.1. The molecule has 1 atom stereocenters. The van der Waals surface area contributed by atoms with Gasteiger partial charge in [-0.15, -0.1) is 0 Å². The van der Waals surface area contributed by atoms with Crippen LogP contribution in [0.2, 0.25) is 0 Å². The first-order chi connectivity index (χ1) is 9.17. The highest BCUT2D eigenvalue weighted by molar-refractivity contribution is 5.73. The summed E-state index contributed by atoms with van der Waals surface area (Å²) >= 11 is 0. The van der Waals surface area contributed by atoms with Crippen LogP contribution in [0, 0.1) is 5.41 Å². The Kier molecular flexibility index (Phi) is 7.14. The van der Waals surface area contributed by atoms with E-state index in [-0.39, 0.29) is 6.04 Å². The summed E-state index contributed by atoms with van der Waals surface area (Å²) in [5.74, 6) is 0.927. The number of hydrogen-bond acceptors (Lipinski definition) is 5. The van der Waals surface area contributed by atoms with E-state index in [0.29, 0.717) is 6.61 Å². The van der Waals surface area contributed by atoms with Gasteiger partial charge in [0.25, 0.3) is 0 Å². The fraction of sp³-hybridized carbons (Fsp3) is 0.692. The largest absolute Gasteiger partial charge is 0.382 e. The first-order valence-corrected chi connectivity index (χ1v) is 6.58. The van der Waals surface area contributed by atoms with Gasteiger partial charge in [0.2, 0.25) is 0 Å². The molecule has 0 aromatic heterocycles. The van der Waals surface area contributed by atoms with Gasteiger partial charge in [0.1, 0.15) is 5.82 Å². The van der Waals surface area contributed by atoms with Crippen molar-refractivity contribution in [2.45, 2.75) is 13.0 Å². The second-order valence-corrected chi connectivity index (χ2v) is 4.73. The molecule has 0 aromatic carbocycles. The van der Waals surface area contributed by atoms with Gasteiger partial charge in [0, 0.05) is 39.5 Å². The quantitative estimate of drug-likeness (QED) is 0.517. The van der Waals surface area contributed by atoms with Crippen LogP contribution in [0.4, 0.5) is 0 Å². The van der Waals surface area contributed by atoms with Crippen LogP contribution in [0.25, 0.3) is 0 Å². The number of nitrogens with one attached hydrogen (secondary N) is 2. The van der Waals surface area contributed by atoms with Crippen LogP contribution < -0.4 is 5.32 Å². The summed E-state index contributed by atoms with van der Waals surface area (Å²) in [5.41, 5.74) is 0. The molecule has 0 spiro atoms. The van der Waals surface area contributed by atoms with Crippen LogP contribution in [0.15, 0.2) is 16.9 Å². The fourth-order valence-corrected chi connectivity index (χ4v) is 1.91. The van der Waals surface area contributed by atoms with Gasteiger partial charge in [-0.2, -0.15) is 0 Å². The number of aliphatic imine (C=N–C) groups is 1. The highest BCUT2D eigenvalue weighted by Gasteiger charge is 2.15. The lowest BCUT2D eigenvalue weighted by Crippen LogP contribution is -2.46. The average Bonchev–Trinajstić information content (AvgIpc) is 2.39. The molecule has 0 aromatic rings. The maximum Gasteiger partial charge on any atom is 0.108 e. The molecular formula is C13H25N5O. The fourth-order valence-electron chi connectivity index (χ4n) is 1.91. The number of piperazine rings is 1. The number of ether oxygens (including phenoxy) is 1. The van der Waals surface area contributed by atoms with E-state index in [1.807, 2.05) is 13.0 Å². The van der Waals surface area contributed by atoms with Crippen molar-refractivity contribution >= 4 is 12.6 Å². The van der Waals surface area contributed by atoms with E-state index in [2.05, 4.69) is 27.2 Å². The highest BCUT2D eigenvalue weighted by Crippen LogP contribution is 2.05. The first-order valence-electron chi connectivity index (χ1n) is 6.58. The van der Waals surface area contributed by atoms with E-state index in [0.717, 1.165) is 32.0 Å². The molecule has 1 heterocycles. The van der Waals surface area contributed by atoms with E-state index in [1.165, 1.54) is 6.34 Å². The molecule has 1 saturated heterocycles. The van der Waals surface area contributed by atoms with E-state index >= 15 is 0 Å². The van der Waals surface area contributed by atoms with Gasteiger partial charge in [-0.05, 0) is 20.0 Å². The molecule has 0 aliphatic carbocycles. The van der Waals surface area contributed by atoms with Crippen molar-refractivity contribution in [1.29, 1.82) is 5.41 Å². The summed E-state index contributed by atoms with van der Waals surface area (Å²) in [4.78, 5) is 8.90. The number of likely N-dealkylation sites (N-methyl/N-ethyl adjacent to an activating group) is 1. The standard InChI is InChI=1S/C13H25N5O/c1-12(10-19-3)15-5-4-13(16-11-14)18-8-6-17(2)7-9-18/h4-5,11-12H,6-10H2,1-3H3,(H2,14,16)/t12-/m1/s1. The molecule has 108 valence electrons. The van der Waals surface area contributed by atoms with Crippen molar-refractivity contribution in [3.63, 3.8) is 0 Å². The van der Waals surface area contributed by atoms with Crippen LogP contribution in [-0.2, 0) is 4.74 Å². The van der Waals surface area contributed by atoms with Crippen LogP contribution in [0.1, 0.15) is 6.92 Å². The Morgan fingerprint density at radius 1 is 1.42 bits per heavy atom. The SMILES string of the molecule is COC[C@@H](C)N=CC=C(NC=N)N1CCN(C)CC1. The number of nitrogens with zero attached hydrogens (tertiary/aromatic N) is 3. The van der Waals surface area contributed by atoms with E-state index < -0.39 is 0 Å². The van der Waals surface area contributed by atoms with Crippen LogP contribution >= 0.6 is 0 Å². The molecule has 0 radical (unpaired) electrons.